The Bertz CT molecular complexity index is 1460. The molecule has 39 heavy (non-hydrogen) atoms. The molecule has 204 valence electrons. The number of carbonyl (C=O) groups is 1. The van der Waals surface area contributed by atoms with Crippen molar-refractivity contribution in [1.29, 1.82) is 0 Å². The number of sulfonamides is 1. The molecule has 4 fully saturated rings. The summed E-state index contributed by atoms with van der Waals surface area (Å²) >= 11 is 12.3. The zero-order chi connectivity index (χ0) is 27.3. The van der Waals surface area contributed by atoms with Crippen LogP contribution in [0.5, 0.6) is 0 Å². The number of rotatable bonds is 7. The van der Waals surface area contributed by atoms with Gasteiger partial charge in [-0.05, 0) is 117 Å². The summed E-state index contributed by atoms with van der Waals surface area (Å²) in [4.78, 5) is 13.3. The summed E-state index contributed by atoms with van der Waals surface area (Å²) in [7, 11) is -4.05. The highest BCUT2D eigenvalue weighted by Gasteiger charge is 2.48. The molecule has 0 aromatic heterocycles. The van der Waals surface area contributed by atoms with E-state index >= 15 is 0 Å². The molecule has 1 N–H and O–H groups in total. The second-order valence-electron chi connectivity index (χ2n) is 11.5. The van der Waals surface area contributed by atoms with E-state index in [4.69, 9.17) is 23.2 Å². The van der Waals surface area contributed by atoms with Gasteiger partial charge in [0.15, 0.2) is 0 Å². The molecule has 0 unspecified atom stereocenters. The first-order chi connectivity index (χ1) is 18.7. The Labute approximate surface area is 240 Å². The maximum absolute atomic E-state index is 13.6. The summed E-state index contributed by atoms with van der Waals surface area (Å²) in [6.07, 6.45) is 6.86. The van der Waals surface area contributed by atoms with Crippen molar-refractivity contribution in [2.75, 3.05) is 16.2 Å². The average Bonchev–Trinajstić information content (AvgIpc) is 2.89. The quantitative estimate of drug-likeness (QED) is 0.310. The lowest BCUT2D eigenvalue weighted by Gasteiger charge is -2.54. The molecule has 3 aromatic rings. The number of aryl methyl sites for hydroxylation is 1. The zero-order valence-electron chi connectivity index (χ0n) is 21.8. The maximum atomic E-state index is 13.6. The molecule has 0 radical (unpaired) electrons. The van der Waals surface area contributed by atoms with Crippen LogP contribution in [0, 0.1) is 30.6 Å². The summed E-state index contributed by atoms with van der Waals surface area (Å²) in [5.74, 6) is 3.60. The van der Waals surface area contributed by atoms with Gasteiger partial charge in [-0.2, -0.15) is 0 Å². The Morgan fingerprint density at radius 1 is 0.846 bits per heavy atom. The molecule has 3 aromatic carbocycles. The van der Waals surface area contributed by atoms with Crippen molar-refractivity contribution in [3.8, 4) is 0 Å². The number of amides is 1. The fraction of sp³-hybridized carbons (Fsp3) is 0.387. The highest BCUT2D eigenvalue weighted by molar-refractivity contribution is 7.92. The Morgan fingerprint density at radius 2 is 1.46 bits per heavy atom. The van der Waals surface area contributed by atoms with E-state index in [-0.39, 0.29) is 15.6 Å². The lowest BCUT2D eigenvalue weighted by molar-refractivity contribution is -0.114. The number of carbonyl (C=O) groups excluding carboxylic acids is 1. The van der Waals surface area contributed by atoms with Gasteiger partial charge >= 0.3 is 0 Å². The molecule has 1 amide bonds. The highest BCUT2D eigenvalue weighted by Crippen LogP contribution is 2.59. The number of hydrogen-bond donors (Lipinski definition) is 1. The molecule has 4 saturated carbocycles. The van der Waals surface area contributed by atoms with Crippen LogP contribution < -0.4 is 9.62 Å². The lowest BCUT2D eigenvalue weighted by atomic mass is 9.51. The van der Waals surface area contributed by atoms with Gasteiger partial charge in [0.25, 0.3) is 10.0 Å². The van der Waals surface area contributed by atoms with Crippen molar-refractivity contribution in [2.45, 2.75) is 49.8 Å². The maximum Gasteiger partial charge on any atom is 0.264 e. The summed E-state index contributed by atoms with van der Waals surface area (Å²) in [6, 6.07) is 19.2. The molecule has 0 saturated heterocycles. The van der Waals surface area contributed by atoms with Crippen LogP contribution in [0.4, 0.5) is 11.4 Å². The molecule has 4 aliphatic carbocycles. The normalized spacial score (nSPS) is 25.5. The molecule has 7 rings (SSSR count). The van der Waals surface area contributed by atoms with E-state index in [1.54, 1.807) is 18.2 Å². The molecule has 4 bridgehead atoms. The van der Waals surface area contributed by atoms with Crippen molar-refractivity contribution in [1.82, 2.24) is 0 Å². The minimum Gasteiger partial charge on any atom is -0.325 e. The molecule has 5 nitrogen and oxygen atoms in total. The van der Waals surface area contributed by atoms with Gasteiger partial charge in [-0.1, -0.05) is 53.0 Å². The molecule has 4 aliphatic rings. The van der Waals surface area contributed by atoms with Gasteiger partial charge in [0.1, 0.15) is 6.54 Å². The fourth-order valence-corrected chi connectivity index (χ4v) is 9.09. The monoisotopic (exact) mass is 582 g/mol. The van der Waals surface area contributed by atoms with Crippen LogP contribution >= 0.6 is 23.2 Å². The van der Waals surface area contributed by atoms with E-state index in [0.29, 0.717) is 16.6 Å². The van der Waals surface area contributed by atoms with Gasteiger partial charge in [-0.25, -0.2) is 8.42 Å². The first kappa shape index (κ1) is 26.7. The van der Waals surface area contributed by atoms with Gasteiger partial charge in [0, 0.05) is 5.69 Å². The Balaban J connectivity index is 1.20. The number of anilines is 2. The highest BCUT2D eigenvalue weighted by atomic mass is 35.5. The van der Waals surface area contributed by atoms with Gasteiger partial charge in [0.2, 0.25) is 5.91 Å². The van der Waals surface area contributed by atoms with Crippen LogP contribution in [0.3, 0.4) is 0 Å². The SMILES string of the molecule is Cc1ccc(S(=O)(=O)N(CC(=O)Nc2ccc(C3C4CC5CC(C4)CC3C5)cc2)c2ccc(Cl)c(Cl)c2)cc1. The second kappa shape index (κ2) is 10.5. The predicted octanol–water partition coefficient (Wildman–Crippen LogP) is 7.68. The number of nitrogens with one attached hydrogen (secondary N) is 1. The predicted molar refractivity (Wildman–Crippen MR) is 157 cm³/mol. The van der Waals surface area contributed by atoms with Gasteiger partial charge in [-0.3, -0.25) is 9.10 Å². The van der Waals surface area contributed by atoms with E-state index in [2.05, 4.69) is 17.4 Å². The first-order valence-electron chi connectivity index (χ1n) is 13.6. The number of halogens is 2. The Morgan fingerprint density at radius 3 is 2.05 bits per heavy atom. The van der Waals surface area contributed by atoms with Crippen molar-refractivity contribution in [2.24, 2.45) is 23.7 Å². The van der Waals surface area contributed by atoms with E-state index in [0.717, 1.165) is 33.5 Å². The van der Waals surface area contributed by atoms with Crippen LogP contribution in [0.1, 0.15) is 49.1 Å². The fourth-order valence-electron chi connectivity index (χ4n) is 7.38. The minimum atomic E-state index is -4.05. The van der Waals surface area contributed by atoms with Crippen LogP contribution in [-0.4, -0.2) is 20.9 Å². The third kappa shape index (κ3) is 5.31. The minimum absolute atomic E-state index is 0.0898. The lowest BCUT2D eigenvalue weighted by Crippen LogP contribution is -2.43. The third-order valence-electron chi connectivity index (χ3n) is 8.89. The first-order valence-corrected chi connectivity index (χ1v) is 15.8. The van der Waals surface area contributed by atoms with Gasteiger partial charge in [-0.15, -0.1) is 0 Å². The van der Waals surface area contributed by atoms with Crippen LogP contribution in [0.15, 0.2) is 71.6 Å². The largest absolute Gasteiger partial charge is 0.325 e. The second-order valence-corrected chi connectivity index (χ2v) is 14.2. The van der Waals surface area contributed by atoms with Crippen molar-refractivity contribution in [3.05, 3.63) is 87.9 Å². The molecular weight excluding hydrogens is 551 g/mol. The summed E-state index contributed by atoms with van der Waals surface area (Å²) in [5.41, 5.74) is 3.21. The van der Waals surface area contributed by atoms with Crippen molar-refractivity contribution < 1.29 is 13.2 Å². The van der Waals surface area contributed by atoms with Crippen LogP contribution in [-0.2, 0) is 14.8 Å². The van der Waals surface area contributed by atoms with Gasteiger partial charge in [0.05, 0.1) is 20.6 Å². The topological polar surface area (TPSA) is 66.5 Å². The molecule has 0 atom stereocenters. The number of hydrogen-bond acceptors (Lipinski definition) is 3. The molecule has 0 spiro atoms. The molecule has 0 aliphatic heterocycles. The van der Waals surface area contributed by atoms with E-state index in [1.165, 1.54) is 61.9 Å². The van der Waals surface area contributed by atoms with Crippen LogP contribution in [0.25, 0.3) is 0 Å². The van der Waals surface area contributed by atoms with Gasteiger partial charge < -0.3 is 5.32 Å². The standard InChI is InChI=1S/C31H32Cl2N2O3S/c1-19-2-9-27(10-3-19)39(37,38)35(26-8-11-28(32)29(33)17-26)18-30(36)34-25-6-4-22(5-7-25)31-23-13-20-12-21(15-23)16-24(31)14-20/h2-11,17,20-21,23-24,31H,12-16,18H2,1H3,(H,34,36). The molecule has 0 heterocycles. The Hall–Kier alpha value is -2.54. The number of nitrogens with zero attached hydrogens (tertiary/aromatic N) is 1. The van der Waals surface area contributed by atoms with Crippen molar-refractivity contribution in [3.63, 3.8) is 0 Å². The van der Waals surface area contributed by atoms with Crippen molar-refractivity contribution >= 4 is 50.5 Å². The molecule has 8 heteroatoms. The van der Waals surface area contributed by atoms with E-state index in [9.17, 15) is 13.2 Å². The van der Waals surface area contributed by atoms with E-state index < -0.39 is 22.5 Å². The third-order valence-corrected chi connectivity index (χ3v) is 11.4. The Kier molecular flexibility index (Phi) is 7.15. The van der Waals surface area contributed by atoms with Crippen LogP contribution in [0.2, 0.25) is 10.0 Å². The summed E-state index contributed by atoms with van der Waals surface area (Å²) in [6.45, 7) is 1.47. The summed E-state index contributed by atoms with van der Waals surface area (Å²) < 4.78 is 28.3. The van der Waals surface area contributed by atoms with E-state index in [1.807, 2.05) is 19.1 Å². The number of benzene rings is 3. The smallest absolute Gasteiger partial charge is 0.264 e. The molecular formula is C31H32Cl2N2O3S. The average molecular weight is 584 g/mol. The summed E-state index contributed by atoms with van der Waals surface area (Å²) in [5, 5.41) is 3.40. The zero-order valence-corrected chi connectivity index (χ0v) is 24.1.